The molecule has 1 aromatic carbocycles. The molecule has 2 aliphatic heterocycles. The number of benzene rings is 1. The normalized spacial score (nSPS) is 18.7. The predicted molar refractivity (Wildman–Crippen MR) is 108 cm³/mol. The molecule has 144 valence electrons. The van der Waals surface area contributed by atoms with Crippen molar-refractivity contribution in [1.29, 1.82) is 0 Å². The molecule has 27 heavy (non-hydrogen) atoms. The van der Waals surface area contributed by atoms with Crippen molar-refractivity contribution in [3.05, 3.63) is 40.9 Å². The van der Waals surface area contributed by atoms with Crippen LogP contribution in [0.2, 0.25) is 0 Å². The molecule has 0 bridgehead atoms. The molecule has 7 heteroatoms. The van der Waals surface area contributed by atoms with Gasteiger partial charge in [-0.05, 0) is 50.0 Å². The maximum absolute atomic E-state index is 12.5. The number of amides is 1. The summed E-state index contributed by atoms with van der Waals surface area (Å²) in [6.07, 6.45) is 6.43. The summed E-state index contributed by atoms with van der Waals surface area (Å²) in [4.78, 5) is 14.8. The molecule has 2 aliphatic rings. The van der Waals surface area contributed by atoms with Crippen LogP contribution in [0, 0.1) is 10.7 Å². The Balaban J connectivity index is 1.32. The number of carbonyl (C=O) groups excluding carboxylic acids is 1. The molecule has 1 N–H and O–H groups in total. The molecule has 0 atom stereocenters. The third-order valence-corrected chi connectivity index (χ3v) is 6.05. The Hall–Kier alpha value is -1.99. The van der Waals surface area contributed by atoms with Crippen LogP contribution in [0.25, 0.3) is 0 Å². The molecule has 2 aromatic rings. The topological polar surface area (TPSA) is 55.1 Å². The first kappa shape index (κ1) is 18.4. The molecule has 6 nitrogen and oxygen atoms in total. The van der Waals surface area contributed by atoms with E-state index in [1.807, 2.05) is 35.0 Å². The minimum Gasteiger partial charge on any atom is -0.326 e. The van der Waals surface area contributed by atoms with E-state index in [2.05, 4.69) is 14.8 Å². The summed E-state index contributed by atoms with van der Waals surface area (Å²) in [5.41, 5.74) is 0.871. The summed E-state index contributed by atoms with van der Waals surface area (Å²) in [7, 11) is 0. The summed E-state index contributed by atoms with van der Waals surface area (Å²) in [6.45, 7) is 3.52. The fraction of sp³-hybridized carbons (Fsp3) is 0.550. The lowest BCUT2D eigenvalue weighted by Crippen LogP contribution is -2.39. The smallest absolute Gasteiger partial charge is 0.227 e. The SMILES string of the molecule is O=C(Nc1ccccc1)C1CCN(Cn2nc3n(c2=S)CCCCC3)CC1. The predicted octanol–water partition coefficient (Wildman–Crippen LogP) is 3.45. The van der Waals surface area contributed by atoms with Crippen LogP contribution < -0.4 is 5.32 Å². The number of hydrogen-bond acceptors (Lipinski definition) is 4. The van der Waals surface area contributed by atoms with E-state index in [1.54, 1.807) is 0 Å². The second kappa shape index (κ2) is 8.35. The van der Waals surface area contributed by atoms with Crippen molar-refractivity contribution in [3.63, 3.8) is 0 Å². The number of likely N-dealkylation sites (tertiary alicyclic amines) is 1. The van der Waals surface area contributed by atoms with Crippen LogP contribution >= 0.6 is 12.2 Å². The Kier molecular flexibility index (Phi) is 5.69. The van der Waals surface area contributed by atoms with Gasteiger partial charge >= 0.3 is 0 Å². The van der Waals surface area contributed by atoms with Gasteiger partial charge in [-0.3, -0.25) is 9.69 Å². The average Bonchev–Trinajstić information content (AvgIpc) is 2.86. The van der Waals surface area contributed by atoms with Crippen molar-refractivity contribution >= 4 is 23.8 Å². The van der Waals surface area contributed by atoms with Gasteiger partial charge in [0, 0.05) is 37.7 Å². The number of nitrogens with zero attached hydrogens (tertiary/aromatic N) is 4. The number of para-hydroxylation sites is 1. The Bertz CT molecular complexity index is 836. The highest BCUT2D eigenvalue weighted by atomic mass is 32.1. The van der Waals surface area contributed by atoms with Crippen molar-refractivity contribution < 1.29 is 4.79 Å². The third kappa shape index (κ3) is 4.30. The van der Waals surface area contributed by atoms with Gasteiger partial charge in [-0.2, -0.15) is 5.10 Å². The average molecular weight is 386 g/mol. The second-order valence-electron chi connectivity index (χ2n) is 7.55. The molecule has 0 saturated carbocycles. The van der Waals surface area contributed by atoms with Crippen LogP contribution in [-0.2, 0) is 24.4 Å². The van der Waals surface area contributed by atoms with Crippen LogP contribution in [0.1, 0.15) is 37.9 Å². The zero-order valence-corrected chi connectivity index (χ0v) is 16.5. The monoisotopic (exact) mass is 385 g/mol. The number of fused-ring (bicyclic) bond motifs is 1. The second-order valence-corrected chi connectivity index (χ2v) is 7.91. The largest absolute Gasteiger partial charge is 0.326 e. The first-order chi connectivity index (χ1) is 13.2. The Morgan fingerprint density at radius 3 is 2.67 bits per heavy atom. The van der Waals surface area contributed by atoms with Gasteiger partial charge in [0.15, 0.2) is 4.77 Å². The molecule has 0 aliphatic carbocycles. The molecular weight excluding hydrogens is 358 g/mol. The first-order valence-corrected chi connectivity index (χ1v) is 10.4. The molecule has 3 heterocycles. The third-order valence-electron chi connectivity index (χ3n) is 5.62. The summed E-state index contributed by atoms with van der Waals surface area (Å²) >= 11 is 5.65. The van der Waals surface area contributed by atoms with Gasteiger partial charge in [-0.15, -0.1) is 0 Å². The molecule has 1 amide bonds. The van der Waals surface area contributed by atoms with E-state index in [0.717, 1.165) is 61.8 Å². The quantitative estimate of drug-likeness (QED) is 0.819. The number of aryl methyl sites for hydroxylation is 1. The molecule has 4 rings (SSSR count). The van der Waals surface area contributed by atoms with E-state index in [1.165, 1.54) is 19.3 Å². The van der Waals surface area contributed by atoms with Crippen molar-refractivity contribution in [2.45, 2.75) is 51.7 Å². The summed E-state index contributed by atoms with van der Waals surface area (Å²) in [5, 5.41) is 7.80. The fourth-order valence-corrected chi connectivity index (χ4v) is 4.30. The number of hydrogen-bond donors (Lipinski definition) is 1. The standard InChI is InChI=1S/C20H27N5OS/c26-19(21-17-7-3-1-4-8-17)16-10-13-23(14-11-16)15-25-20(27)24-12-6-2-5-9-18(24)22-25/h1,3-4,7-8,16H,2,5-6,9-15H2,(H,21,26). The minimum atomic E-state index is 0.0770. The lowest BCUT2D eigenvalue weighted by atomic mass is 9.96. The van der Waals surface area contributed by atoms with Gasteiger partial charge in [0.2, 0.25) is 5.91 Å². The molecular formula is C20H27N5OS. The van der Waals surface area contributed by atoms with Gasteiger partial charge < -0.3 is 9.88 Å². The van der Waals surface area contributed by atoms with Crippen LogP contribution in [-0.4, -0.2) is 38.2 Å². The van der Waals surface area contributed by atoms with E-state index in [-0.39, 0.29) is 11.8 Å². The highest BCUT2D eigenvalue weighted by Gasteiger charge is 2.26. The lowest BCUT2D eigenvalue weighted by molar-refractivity contribution is -0.121. The van der Waals surface area contributed by atoms with E-state index in [0.29, 0.717) is 0 Å². The highest BCUT2D eigenvalue weighted by molar-refractivity contribution is 7.71. The Morgan fingerprint density at radius 1 is 1.11 bits per heavy atom. The zero-order valence-electron chi connectivity index (χ0n) is 15.6. The van der Waals surface area contributed by atoms with Crippen LogP contribution in [0.15, 0.2) is 30.3 Å². The first-order valence-electron chi connectivity index (χ1n) is 9.95. The molecule has 1 fully saturated rings. The zero-order chi connectivity index (χ0) is 18.6. The number of carbonyl (C=O) groups is 1. The summed E-state index contributed by atoms with van der Waals surface area (Å²) in [5.74, 6) is 1.34. The molecule has 0 spiro atoms. The molecule has 1 aromatic heterocycles. The van der Waals surface area contributed by atoms with E-state index in [4.69, 9.17) is 17.3 Å². The van der Waals surface area contributed by atoms with Crippen molar-refractivity contribution in [3.8, 4) is 0 Å². The molecule has 1 saturated heterocycles. The van der Waals surface area contributed by atoms with Crippen molar-refractivity contribution in [2.24, 2.45) is 5.92 Å². The van der Waals surface area contributed by atoms with Crippen molar-refractivity contribution in [1.82, 2.24) is 19.2 Å². The summed E-state index contributed by atoms with van der Waals surface area (Å²) in [6, 6.07) is 9.69. The maximum atomic E-state index is 12.5. The fourth-order valence-electron chi connectivity index (χ4n) is 4.01. The number of piperidine rings is 1. The maximum Gasteiger partial charge on any atom is 0.227 e. The van der Waals surface area contributed by atoms with Gasteiger partial charge in [-0.1, -0.05) is 24.6 Å². The number of nitrogens with one attached hydrogen (secondary N) is 1. The molecule has 0 radical (unpaired) electrons. The van der Waals surface area contributed by atoms with Gasteiger partial charge in [0.25, 0.3) is 0 Å². The van der Waals surface area contributed by atoms with E-state index in [9.17, 15) is 4.79 Å². The van der Waals surface area contributed by atoms with Crippen LogP contribution in [0.5, 0.6) is 0 Å². The minimum absolute atomic E-state index is 0.0770. The summed E-state index contributed by atoms with van der Waals surface area (Å²) < 4.78 is 5.03. The van der Waals surface area contributed by atoms with E-state index < -0.39 is 0 Å². The van der Waals surface area contributed by atoms with Crippen molar-refractivity contribution in [2.75, 3.05) is 18.4 Å². The van der Waals surface area contributed by atoms with Crippen LogP contribution in [0.4, 0.5) is 5.69 Å². The van der Waals surface area contributed by atoms with E-state index >= 15 is 0 Å². The number of rotatable bonds is 4. The van der Waals surface area contributed by atoms with Gasteiger partial charge in [0.1, 0.15) is 5.82 Å². The lowest BCUT2D eigenvalue weighted by Gasteiger charge is -2.30. The number of anilines is 1. The highest BCUT2D eigenvalue weighted by Crippen LogP contribution is 2.21. The number of aromatic nitrogens is 3. The van der Waals surface area contributed by atoms with Gasteiger partial charge in [0.05, 0.1) is 6.67 Å². The molecule has 0 unspecified atom stereocenters. The van der Waals surface area contributed by atoms with Gasteiger partial charge in [-0.25, -0.2) is 4.68 Å². The Morgan fingerprint density at radius 2 is 1.89 bits per heavy atom. The van der Waals surface area contributed by atoms with Crippen LogP contribution in [0.3, 0.4) is 0 Å². The Labute approximate surface area is 165 Å².